The van der Waals surface area contributed by atoms with Crippen LogP contribution in [0.4, 0.5) is 10.1 Å². The number of benzene rings is 2. The summed E-state index contributed by atoms with van der Waals surface area (Å²) in [5.74, 6) is 1.19. The largest absolute Gasteiger partial charge is 0.492 e. The monoisotopic (exact) mass is 287 g/mol. The zero-order valence-corrected chi connectivity index (χ0v) is 12.8. The van der Waals surface area contributed by atoms with Crippen LogP contribution >= 0.6 is 0 Å². The van der Waals surface area contributed by atoms with E-state index in [4.69, 9.17) is 4.74 Å². The Hall–Kier alpha value is -2.03. The molecular weight excluding hydrogens is 265 g/mol. The van der Waals surface area contributed by atoms with Crippen LogP contribution < -0.4 is 10.1 Å². The van der Waals surface area contributed by atoms with Gasteiger partial charge in [0, 0.05) is 12.2 Å². The summed E-state index contributed by atoms with van der Waals surface area (Å²) < 4.78 is 18.5. The molecule has 1 N–H and O–H groups in total. The molecule has 0 aliphatic carbocycles. The van der Waals surface area contributed by atoms with Crippen molar-refractivity contribution in [2.45, 2.75) is 26.7 Å². The van der Waals surface area contributed by atoms with E-state index >= 15 is 0 Å². The van der Waals surface area contributed by atoms with Crippen LogP contribution in [0.2, 0.25) is 0 Å². The first-order valence-electron chi connectivity index (χ1n) is 7.29. The van der Waals surface area contributed by atoms with E-state index < -0.39 is 0 Å². The van der Waals surface area contributed by atoms with Gasteiger partial charge in [-0.1, -0.05) is 19.9 Å². The quantitative estimate of drug-likeness (QED) is 0.774. The highest BCUT2D eigenvalue weighted by atomic mass is 19.1. The van der Waals surface area contributed by atoms with Crippen LogP contribution in [0.1, 0.15) is 30.9 Å². The number of anilines is 1. The molecule has 0 radical (unpaired) electrons. The molecule has 2 aromatic carbocycles. The zero-order valence-electron chi connectivity index (χ0n) is 12.8. The van der Waals surface area contributed by atoms with E-state index in [-0.39, 0.29) is 5.82 Å². The van der Waals surface area contributed by atoms with E-state index in [0.717, 1.165) is 11.4 Å². The van der Waals surface area contributed by atoms with Crippen molar-refractivity contribution in [3.05, 3.63) is 59.4 Å². The van der Waals surface area contributed by atoms with Gasteiger partial charge < -0.3 is 10.1 Å². The number of hydrogen-bond donors (Lipinski definition) is 1. The van der Waals surface area contributed by atoms with E-state index in [1.807, 2.05) is 6.07 Å². The Kier molecular flexibility index (Phi) is 5.20. The summed E-state index contributed by atoms with van der Waals surface area (Å²) >= 11 is 0. The van der Waals surface area contributed by atoms with Crippen molar-refractivity contribution < 1.29 is 9.13 Å². The number of halogens is 1. The van der Waals surface area contributed by atoms with Gasteiger partial charge >= 0.3 is 0 Å². The fourth-order valence-electron chi connectivity index (χ4n) is 2.32. The molecule has 2 aromatic rings. The van der Waals surface area contributed by atoms with Crippen LogP contribution in [-0.2, 0) is 0 Å². The standard InChI is InChI=1S/C18H22FNO/c1-13(2)18-9-8-17(12-14(18)3)21-11-10-20-16-6-4-15(19)5-7-16/h4-9,12-13,20H,10-11H2,1-3H3. The molecule has 0 saturated carbocycles. The van der Waals surface area contributed by atoms with Gasteiger partial charge in [-0.25, -0.2) is 4.39 Å². The fourth-order valence-corrected chi connectivity index (χ4v) is 2.32. The van der Waals surface area contributed by atoms with Gasteiger partial charge in [0.25, 0.3) is 0 Å². The first-order valence-corrected chi connectivity index (χ1v) is 7.29. The number of nitrogens with one attached hydrogen (secondary N) is 1. The highest BCUT2D eigenvalue weighted by molar-refractivity contribution is 5.42. The average Bonchev–Trinajstić information content (AvgIpc) is 2.45. The second-order valence-electron chi connectivity index (χ2n) is 5.46. The van der Waals surface area contributed by atoms with Crippen molar-refractivity contribution in [3.63, 3.8) is 0 Å². The molecule has 0 amide bonds. The molecule has 0 aromatic heterocycles. The normalized spacial score (nSPS) is 10.7. The van der Waals surface area contributed by atoms with E-state index in [1.54, 1.807) is 12.1 Å². The fraction of sp³-hybridized carbons (Fsp3) is 0.333. The molecule has 0 spiro atoms. The number of hydrogen-bond acceptors (Lipinski definition) is 2. The van der Waals surface area contributed by atoms with Crippen molar-refractivity contribution in [2.75, 3.05) is 18.5 Å². The van der Waals surface area contributed by atoms with Gasteiger partial charge in [-0.15, -0.1) is 0 Å². The summed E-state index contributed by atoms with van der Waals surface area (Å²) in [5.41, 5.74) is 3.51. The molecule has 21 heavy (non-hydrogen) atoms. The van der Waals surface area contributed by atoms with E-state index in [9.17, 15) is 4.39 Å². The topological polar surface area (TPSA) is 21.3 Å². The lowest BCUT2D eigenvalue weighted by molar-refractivity contribution is 0.332. The van der Waals surface area contributed by atoms with Crippen molar-refractivity contribution in [1.29, 1.82) is 0 Å². The third-order valence-electron chi connectivity index (χ3n) is 3.41. The minimum Gasteiger partial charge on any atom is -0.492 e. The molecule has 0 saturated heterocycles. The van der Waals surface area contributed by atoms with Crippen LogP contribution in [0.5, 0.6) is 5.75 Å². The summed E-state index contributed by atoms with van der Waals surface area (Å²) in [6.07, 6.45) is 0. The maximum atomic E-state index is 12.8. The van der Waals surface area contributed by atoms with Crippen LogP contribution in [0.15, 0.2) is 42.5 Å². The van der Waals surface area contributed by atoms with Crippen molar-refractivity contribution >= 4 is 5.69 Å². The van der Waals surface area contributed by atoms with Gasteiger partial charge in [0.15, 0.2) is 0 Å². The average molecular weight is 287 g/mol. The Morgan fingerprint density at radius 3 is 2.43 bits per heavy atom. The highest BCUT2D eigenvalue weighted by Gasteiger charge is 2.04. The minimum atomic E-state index is -0.225. The maximum Gasteiger partial charge on any atom is 0.123 e. The third kappa shape index (κ3) is 4.48. The third-order valence-corrected chi connectivity index (χ3v) is 3.41. The zero-order chi connectivity index (χ0) is 15.2. The van der Waals surface area contributed by atoms with Crippen LogP contribution in [0.25, 0.3) is 0 Å². The van der Waals surface area contributed by atoms with E-state index in [0.29, 0.717) is 19.1 Å². The van der Waals surface area contributed by atoms with Crippen LogP contribution in [-0.4, -0.2) is 13.2 Å². The first kappa shape index (κ1) is 15.4. The summed E-state index contributed by atoms with van der Waals surface area (Å²) in [6, 6.07) is 12.5. The lowest BCUT2D eigenvalue weighted by Crippen LogP contribution is -2.11. The Bertz CT molecular complexity index is 578. The lowest BCUT2D eigenvalue weighted by atomic mass is 9.98. The second-order valence-corrected chi connectivity index (χ2v) is 5.46. The van der Waals surface area contributed by atoms with Crippen molar-refractivity contribution in [2.24, 2.45) is 0 Å². The molecule has 3 heteroatoms. The molecule has 0 fully saturated rings. The van der Waals surface area contributed by atoms with E-state index in [2.05, 4.69) is 38.2 Å². The number of rotatable bonds is 6. The van der Waals surface area contributed by atoms with Gasteiger partial charge in [-0.05, 0) is 60.4 Å². The predicted molar refractivity (Wildman–Crippen MR) is 85.7 cm³/mol. The second kappa shape index (κ2) is 7.11. The molecular formula is C18H22FNO. The molecule has 0 bridgehead atoms. The Morgan fingerprint density at radius 1 is 1.10 bits per heavy atom. The SMILES string of the molecule is Cc1cc(OCCNc2ccc(F)cc2)ccc1C(C)C. The summed E-state index contributed by atoms with van der Waals surface area (Å²) in [4.78, 5) is 0. The van der Waals surface area contributed by atoms with Crippen molar-refractivity contribution in [3.8, 4) is 5.75 Å². The molecule has 0 atom stereocenters. The highest BCUT2D eigenvalue weighted by Crippen LogP contribution is 2.23. The Labute approximate surface area is 126 Å². The van der Waals surface area contributed by atoms with Gasteiger partial charge in [-0.3, -0.25) is 0 Å². The lowest BCUT2D eigenvalue weighted by Gasteiger charge is -2.13. The molecule has 112 valence electrons. The summed E-state index contributed by atoms with van der Waals surface area (Å²) in [5, 5.41) is 3.19. The predicted octanol–water partition coefficient (Wildman–Crippen LogP) is 4.75. The van der Waals surface area contributed by atoms with Gasteiger partial charge in [0.1, 0.15) is 18.2 Å². The number of ether oxygens (including phenoxy) is 1. The first-order chi connectivity index (χ1) is 10.1. The summed E-state index contributed by atoms with van der Waals surface area (Å²) in [7, 11) is 0. The molecule has 0 aliphatic rings. The van der Waals surface area contributed by atoms with Crippen LogP contribution in [0, 0.1) is 12.7 Å². The number of aryl methyl sites for hydroxylation is 1. The molecule has 2 nitrogen and oxygen atoms in total. The van der Waals surface area contributed by atoms with Gasteiger partial charge in [0.05, 0.1) is 0 Å². The molecule has 0 heterocycles. The van der Waals surface area contributed by atoms with Gasteiger partial charge in [-0.2, -0.15) is 0 Å². The minimum absolute atomic E-state index is 0.225. The molecule has 2 rings (SSSR count). The van der Waals surface area contributed by atoms with Crippen LogP contribution in [0.3, 0.4) is 0 Å². The van der Waals surface area contributed by atoms with Gasteiger partial charge in [0.2, 0.25) is 0 Å². The maximum absolute atomic E-state index is 12.8. The molecule has 0 unspecified atom stereocenters. The molecule has 0 aliphatic heterocycles. The van der Waals surface area contributed by atoms with E-state index in [1.165, 1.54) is 23.3 Å². The Morgan fingerprint density at radius 2 is 1.81 bits per heavy atom. The van der Waals surface area contributed by atoms with Crippen molar-refractivity contribution in [1.82, 2.24) is 0 Å². The summed E-state index contributed by atoms with van der Waals surface area (Å²) in [6.45, 7) is 7.73. The smallest absolute Gasteiger partial charge is 0.123 e. The Balaban J connectivity index is 1.81.